The maximum Gasteiger partial charge on any atom is 0.264 e. The molecule has 0 radical (unpaired) electrons. The van der Waals surface area contributed by atoms with Gasteiger partial charge in [0.2, 0.25) is 17.7 Å². The summed E-state index contributed by atoms with van der Waals surface area (Å²) in [5.41, 5.74) is 3.32. The molecular weight excluding hydrogens is 516 g/mol. The predicted octanol–water partition coefficient (Wildman–Crippen LogP) is 5.05. The van der Waals surface area contributed by atoms with Crippen LogP contribution in [0.3, 0.4) is 0 Å². The van der Waals surface area contributed by atoms with E-state index in [-0.39, 0.29) is 35.1 Å². The molecule has 2 aromatic carbocycles. The van der Waals surface area contributed by atoms with Crippen LogP contribution in [-0.2, 0) is 26.2 Å². The maximum atomic E-state index is 13.2. The number of amides is 2. The first kappa shape index (κ1) is 29.9. The lowest BCUT2D eigenvalue weighted by atomic mass is 10.0. The molecule has 1 heterocycles. The first-order valence-electron chi connectivity index (χ1n) is 13.2. The van der Waals surface area contributed by atoms with Crippen molar-refractivity contribution < 1.29 is 22.5 Å². The second kappa shape index (κ2) is 12.9. The number of hydrogen-bond acceptors (Lipinski definition) is 6. The molecule has 9 nitrogen and oxygen atoms in total. The summed E-state index contributed by atoms with van der Waals surface area (Å²) in [6, 6.07) is 13.5. The molecule has 2 N–H and O–H groups in total. The van der Waals surface area contributed by atoms with Gasteiger partial charge in [-0.05, 0) is 50.3 Å². The maximum absolute atomic E-state index is 13.2. The Labute approximate surface area is 231 Å². The van der Waals surface area contributed by atoms with Crippen molar-refractivity contribution in [2.24, 2.45) is 5.92 Å². The van der Waals surface area contributed by atoms with E-state index < -0.39 is 16.1 Å². The Hall–Kier alpha value is -3.66. The molecule has 39 heavy (non-hydrogen) atoms. The molecule has 0 aliphatic rings. The second-order valence-corrected chi connectivity index (χ2v) is 11.5. The Morgan fingerprint density at radius 1 is 1.03 bits per heavy atom. The van der Waals surface area contributed by atoms with Gasteiger partial charge in [0.05, 0.1) is 10.6 Å². The fourth-order valence-electron chi connectivity index (χ4n) is 4.41. The van der Waals surface area contributed by atoms with E-state index in [2.05, 4.69) is 15.2 Å². The number of anilines is 1. The molecule has 0 aliphatic heterocycles. The van der Waals surface area contributed by atoms with Crippen molar-refractivity contribution in [1.82, 2.24) is 15.4 Å². The van der Waals surface area contributed by atoms with E-state index in [1.807, 2.05) is 52.0 Å². The first-order chi connectivity index (χ1) is 18.5. The van der Waals surface area contributed by atoms with Gasteiger partial charge >= 0.3 is 0 Å². The number of carbonyl (C=O) groups excluding carboxylic acids is 2. The van der Waals surface area contributed by atoms with Gasteiger partial charge in [-0.1, -0.05) is 68.4 Å². The summed E-state index contributed by atoms with van der Waals surface area (Å²) >= 11 is 0. The number of likely N-dealkylation sites (N-methyl/N-ethyl adjacent to an activating group) is 1. The van der Waals surface area contributed by atoms with Crippen LogP contribution >= 0.6 is 0 Å². The van der Waals surface area contributed by atoms with Crippen LogP contribution in [0.4, 0.5) is 5.88 Å². The topological polar surface area (TPSA) is 122 Å². The van der Waals surface area contributed by atoms with Crippen LogP contribution in [0.25, 0.3) is 11.1 Å². The van der Waals surface area contributed by atoms with Crippen LogP contribution in [-0.4, -0.2) is 42.9 Å². The number of nitrogens with one attached hydrogen (secondary N) is 2. The molecule has 0 unspecified atom stereocenters. The van der Waals surface area contributed by atoms with E-state index in [4.69, 9.17) is 4.52 Å². The zero-order valence-electron chi connectivity index (χ0n) is 23.4. The smallest absolute Gasteiger partial charge is 0.264 e. The van der Waals surface area contributed by atoms with E-state index in [1.54, 1.807) is 36.9 Å². The second-order valence-electron chi connectivity index (χ2n) is 9.86. The van der Waals surface area contributed by atoms with E-state index in [9.17, 15) is 18.0 Å². The standard InChI is InChI=1S/C29H38N4O5S/c1-7-11-26(34)33(8-2)27(19(3)4)28(35)30-18-22-14-16-23(17-15-22)24-12-9-10-13-25(24)39(36,37)32-29-20(5)21(6)31-38-29/h9-10,12-17,19,27,32H,7-8,11,18H2,1-6H3,(H,30,35)/t27-/m0/s1. The number of sulfonamides is 1. The van der Waals surface area contributed by atoms with Gasteiger partial charge in [0.1, 0.15) is 6.04 Å². The van der Waals surface area contributed by atoms with Crippen molar-refractivity contribution in [1.29, 1.82) is 0 Å². The summed E-state index contributed by atoms with van der Waals surface area (Å²) in [6.07, 6.45) is 1.14. The molecular formula is C29H38N4O5S. The van der Waals surface area contributed by atoms with Crippen LogP contribution in [0.15, 0.2) is 57.9 Å². The lowest BCUT2D eigenvalue weighted by Crippen LogP contribution is -2.52. The average molecular weight is 555 g/mol. The Balaban J connectivity index is 1.76. The summed E-state index contributed by atoms with van der Waals surface area (Å²) in [7, 11) is -3.95. The van der Waals surface area contributed by atoms with Gasteiger partial charge in [-0.25, -0.2) is 13.1 Å². The quantitative estimate of drug-likeness (QED) is 0.323. The molecule has 0 saturated carbocycles. The highest BCUT2D eigenvalue weighted by atomic mass is 32.2. The zero-order chi connectivity index (χ0) is 28.7. The number of carbonyl (C=O) groups is 2. The van der Waals surface area contributed by atoms with Crippen molar-refractivity contribution in [2.45, 2.75) is 71.9 Å². The molecule has 0 spiro atoms. The Bertz CT molecular complexity index is 1400. The van der Waals surface area contributed by atoms with Crippen LogP contribution in [0, 0.1) is 19.8 Å². The third-order valence-electron chi connectivity index (χ3n) is 6.65. The highest BCUT2D eigenvalue weighted by Crippen LogP contribution is 2.30. The van der Waals surface area contributed by atoms with Gasteiger partial charge in [0, 0.05) is 30.6 Å². The molecule has 3 aromatic rings. The molecule has 3 rings (SSSR count). The summed E-state index contributed by atoms with van der Waals surface area (Å²) in [4.78, 5) is 27.4. The van der Waals surface area contributed by atoms with E-state index in [1.165, 1.54) is 6.07 Å². The fourth-order valence-corrected chi connectivity index (χ4v) is 5.69. The van der Waals surface area contributed by atoms with Crippen molar-refractivity contribution in [3.63, 3.8) is 0 Å². The number of aryl methyl sites for hydroxylation is 1. The van der Waals surface area contributed by atoms with Crippen molar-refractivity contribution in [2.75, 3.05) is 11.3 Å². The molecule has 0 aliphatic carbocycles. The summed E-state index contributed by atoms with van der Waals surface area (Å²) in [5.74, 6) is -0.160. The number of benzene rings is 2. The zero-order valence-corrected chi connectivity index (χ0v) is 24.3. The largest absolute Gasteiger partial charge is 0.350 e. The highest BCUT2D eigenvalue weighted by Gasteiger charge is 2.31. The molecule has 0 fully saturated rings. The minimum Gasteiger partial charge on any atom is -0.350 e. The van der Waals surface area contributed by atoms with Crippen LogP contribution < -0.4 is 10.0 Å². The lowest BCUT2D eigenvalue weighted by molar-refractivity contribution is -0.142. The van der Waals surface area contributed by atoms with Gasteiger partial charge in [-0.2, -0.15) is 0 Å². The van der Waals surface area contributed by atoms with Crippen molar-refractivity contribution in [3.05, 3.63) is 65.4 Å². The molecule has 1 aromatic heterocycles. The van der Waals surface area contributed by atoms with Crippen LogP contribution in [0.2, 0.25) is 0 Å². The van der Waals surface area contributed by atoms with Crippen molar-refractivity contribution in [3.8, 4) is 11.1 Å². The average Bonchev–Trinajstić information content (AvgIpc) is 3.22. The summed E-state index contributed by atoms with van der Waals surface area (Å²) < 4.78 is 34.1. The molecule has 2 amide bonds. The van der Waals surface area contributed by atoms with Gasteiger partial charge in [0.25, 0.3) is 10.0 Å². The number of rotatable bonds is 12. The first-order valence-corrected chi connectivity index (χ1v) is 14.7. The van der Waals surface area contributed by atoms with Crippen LogP contribution in [0.1, 0.15) is 57.4 Å². The lowest BCUT2D eigenvalue weighted by Gasteiger charge is -2.32. The number of nitrogens with zero attached hydrogens (tertiary/aromatic N) is 2. The molecule has 0 bridgehead atoms. The third-order valence-corrected chi connectivity index (χ3v) is 8.04. The summed E-state index contributed by atoms with van der Waals surface area (Å²) in [6.45, 7) is 11.9. The van der Waals surface area contributed by atoms with Gasteiger partial charge in [0.15, 0.2) is 0 Å². The summed E-state index contributed by atoms with van der Waals surface area (Å²) in [5, 5.41) is 6.78. The normalized spacial score (nSPS) is 12.3. The minimum atomic E-state index is -3.95. The molecule has 1 atom stereocenters. The SMILES string of the molecule is CCCC(=O)N(CC)[C@H](C(=O)NCc1ccc(-c2ccccc2S(=O)(=O)Nc2onc(C)c2C)cc1)C(C)C. The van der Waals surface area contributed by atoms with Crippen molar-refractivity contribution >= 4 is 27.7 Å². The number of hydrogen-bond donors (Lipinski definition) is 2. The van der Waals surface area contributed by atoms with Gasteiger partial charge in [-0.15, -0.1) is 0 Å². The Kier molecular flexibility index (Phi) is 9.91. The minimum absolute atomic E-state index is 0.0186. The molecule has 0 saturated heterocycles. The molecule has 10 heteroatoms. The fraction of sp³-hybridized carbons (Fsp3) is 0.414. The Morgan fingerprint density at radius 2 is 1.69 bits per heavy atom. The number of aromatic nitrogens is 1. The Morgan fingerprint density at radius 3 is 2.26 bits per heavy atom. The monoisotopic (exact) mass is 554 g/mol. The molecule has 210 valence electrons. The third kappa shape index (κ3) is 7.06. The predicted molar refractivity (Wildman–Crippen MR) is 151 cm³/mol. The van der Waals surface area contributed by atoms with Crippen LogP contribution in [0.5, 0.6) is 0 Å². The van der Waals surface area contributed by atoms with Gasteiger partial charge < -0.3 is 14.7 Å². The van der Waals surface area contributed by atoms with E-state index >= 15 is 0 Å². The van der Waals surface area contributed by atoms with E-state index in [0.29, 0.717) is 35.3 Å². The van der Waals surface area contributed by atoms with E-state index in [0.717, 1.165) is 12.0 Å². The highest BCUT2D eigenvalue weighted by molar-refractivity contribution is 7.92. The van der Waals surface area contributed by atoms with Gasteiger partial charge in [-0.3, -0.25) is 9.59 Å².